The smallest absolute Gasteiger partial charge is 0.369 e. The number of halogens is 3. The first kappa shape index (κ1) is 21.5. The van der Waals surface area contributed by atoms with Gasteiger partial charge in [0.1, 0.15) is 5.82 Å². The summed E-state index contributed by atoms with van der Waals surface area (Å²) in [5, 5.41) is 9.32. The third kappa shape index (κ3) is 5.45. The Labute approximate surface area is 170 Å². The standard InChI is InChI=1S/C18H22F3N7O2/c1-12-9-14(25-26-16(12)30)22-4-2-3-15(29)27-5-7-28(8-6-27)17-23-10-13(11-24-17)18(19,20)21/h9-11H,2-8H2,1H3,(H,22,25)(H,26,30). The maximum atomic E-state index is 12.6. The van der Waals surface area contributed by atoms with E-state index in [1.807, 2.05) is 0 Å². The molecule has 12 heteroatoms. The van der Waals surface area contributed by atoms with Gasteiger partial charge in [-0.15, -0.1) is 0 Å². The molecule has 0 bridgehead atoms. The van der Waals surface area contributed by atoms with Crippen LogP contribution in [0.1, 0.15) is 24.0 Å². The second-order valence-corrected chi connectivity index (χ2v) is 6.93. The quantitative estimate of drug-likeness (QED) is 0.674. The van der Waals surface area contributed by atoms with Gasteiger partial charge in [-0.05, 0) is 19.4 Å². The number of aromatic amines is 1. The van der Waals surface area contributed by atoms with Crippen molar-refractivity contribution < 1.29 is 18.0 Å². The Morgan fingerprint density at radius 3 is 2.47 bits per heavy atom. The number of nitrogens with one attached hydrogen (secondary N) is 2. The van der Waals surface area contributed by atoms with E-state index in [2.05, 4.69) is 25.5 Å². The fourth-order valence-corrected chi connectivity index (χ4v) is 2.99. The topological polar surface area (TPSA) is 107 Å². The number of carbonyl (C=O) groups is 1. The zero-order chi connectivity index (χ0) is 21.7. The van der Waals surface area contributed by atoms with Crippen molar-refractivity contribution >= 4 is 17.7 Å². The van der Waals surface area contributed by atoms with E-state index < -0.39 is 11.7 Å². The van der Waals surface area contributed by atoms with E-state index in [4.69, 9.17) is 0 Å². The molecule has 0 unspecified atom stereocenters. The lowest BCUT2D eigenvalue weighted by Gasteiger charge is -2.34. The molecule has 3 heterocycles. The van der Waals surface area contributed by atoms with E-state index >= 15 is 0 Å². The Bertz CT molecular complexity index is 923. The van der Waals surface area contributed by atoms with Gasteiger partial charge < -0.3 is 15.1 Å². The van der Waals surface area contributed by atoms with Gasteiger partial charge in [0.2, 0.25) is 11.9 Å². The number of hydrogen-bond donors (Lipinski definition) is 2. The van der Waals surface area contributed by atoms with Crippen molar-refractivity contribution in [2.24, 2.45) is 0 Å². The molecule has 2 aromatic heterocycles. The largest absolute Gasteiger partial charge is 0.419 e. The van der Waals surface area contributed by atoms with E-state index in [0.29, 0.717) is 56.9 Å². The summed E-state index contributed by atoms with van der Waals surface area (Å²) in [5.41, 5.74) is -0.573. The molecule has 162 valence electrons. The van der Waals surface area contributed by atoms with E-state index in [1.165, 1.54) is 0 Å². The maximum absolute atomic E-state index is 12.6. The van der Waals surface area contributed by atoms with Gasteiger partial charge in [0.25, 0.3) is 5.56 Å². The summed E-state index contributed by atoms with van der Waals surface area (Å²) >= 11 is 0. The minimum atomic E-state index is -4.47. The maximum Gasteiger partial charge on any atom is 0.419 e. The number of hydrogen-bond acceptors (Lipinski definition) is 7. The van der Waals surface area contributed by atoms with Gasteiger partial charge >= 0.3 is 6.18 Å². The van der Waals surface area contributed by atoms with Gasteiger partial charge in [-0.25, -0.2) is 15.1 Å². The highest BCUT2D eigenvalue weighted by Gasteiger charge is 2.32. The van der Waals surface area contributed by atoms with Crippen LogP contribution in [0, 0.1) is 6.92 Å². The molecule has 1 fully saturated rings. The number of carbonyl (C=O) groups excluding carboxylic acids is 1. The van der Waals surface area contributed by atoms with Crippen LogP contribution < -0.4 is 15.8 Å². The summed E-state index contributed by atoms with van der Waals surface area (Å²) in [6.07, 6.45) is -1.98. The number of aryl methyl sites for hydroxylation is 1. The molecule has 1 aliphatic heterocycles. The van der Waals surface area contributed by atoms with Crippen LogP contribution in [0.2, 0.25) is 0 Å². The zero-order valence-corrected chi connectivity index (χ0v) is 16.4. The van der Waals surface area contributed by atoms with Crippen molar-refractivity contribution in [2.75, 3.05) is 42.9 Å². The molecule has 2 aromatic rings. The van der Waals surface area contributed by atoms with E-state index in [0.717, 1.165) is 12.4 Å². The minimum absolute atomic E-state index is 0.00963. The number of H-pyrrole nitrogens is 1. The first-order valence-electron chi connectivity index (χ1n) is 9.46. The molecule has 30 heavy (non-hydrogen) atoms. The molecular weight excluding hydrogens is 403 g/mol. The van der Waals surface area contributed by atoms with Gasteiger partial charge in [0.15, 0.2) is 0 Å². The fourth-order valence-electron chi connectivity index (χ4n) is 2.99. The summed E-state index contributed by atoms with van der Waals surface area (Å²) in [4.78, 5) is 34.7. The third-order valence-electron chi connectivity index (χ3n) is 4.74. The van der Waals surface area contributed by atoms with Crippen molar-refractivity contribution in [3.8, 4) is 0 Å². The number of rotatable bonds is 6. The highest BCUT2D eigenvalue weighted by molar-refractivity contribution is 5.76. The van der Waals surface area contributed by atoms with Crippen molar-refractivity contribution in [3.63, 3.8) is 0 Å². The van der Waals surface area contributed by atoms with Gasteiger partial charge in [-0.2, -0.15) is 18.3 Å². The molecule has 0 spiro atoms. The zero-order valence-electron chi connectivity index (χ0n) is 16.4. The second-order valence-electron chi connectivity index (χ2n) is 6.93. The van der Waals surface area contributed by atoms with E-state index in [-0.39, 0.29) is 17.4 Å². The SMILES string of the molecule is Cc1cc(NCCCC(=O)N2CCN(c3ncc(C(F)(F)F)cn3)CC2)n[nH]c1=O. The van der Waals surface area contributed by atoms with Crippen LogP contribution in [0.3, 0.4) is 0 Å². The van der Waals surface area contributed by atoms with Gasteiger partial charge in [0, 0.05) is 57.1 Å². The fraction of sp³-hybridized carbons (Fsp3) is 0.500. The molecule has 1 aliphatic rings. The summed E-state index contributed by atoms with van der Waals surface area (Å²) in [6.45, 7) is 4.04. The van der Waals surface area contributed by atoms with Crippen LogP contribution in [0.4, 0.5) is 24.9 Å². The van der Waals surface area contributed by atoms with E-state index in [9.17, 15) is 22.8 Å². The van der Waals surface area contributed by atoms with Crippen LogP contribution >= 0.6 is 0 Å². The first-order valence-corrected chi connectivity index (χ1v) is 9.46. The highest BCUT2D eigenvalue weighted by atomic mass is 19.4. The lowest BCUT2D eigenvalue weighted by atomic mass is 10.2. The Hall–Kier alpha value is -3.18. The highest BCUT2D eigenvalue weighted by Crippen LogP contribution is 2.28. The number of nitrogens with zero attached hydrogens (tertiary/aromatic N) is 5. The molecule has 2 N–H and O–H groups in total. The molecule has 3 rings (SSSR count). The molecule has 1 amide bonds. The summed E-state index contributed by atoms with van der Waals surface area (Å²) < 4.78 is 37.8. The van der Waals surface area contributed by atoms with Crippen molar-refractivity contribution in [2.45, 2.75) is 25.9 Å². The average molecular weight is 425 g/mol. The molecule has 9 nitrogen and oxygen atoms in total. The number of amides is 1. The lowest BCUT2D eigenvalue weighted by Crippen LogP contribution is -2.49. The summed E-state index contributed by atoms with van der Waals surface area (Å²) in [7, 11) is 0. The Balaban J connectivity index is 1.40. The number of anilines is 2. The molecule has 0 atom stereocenters. The van der Waals surface area contributed by atoms with Gasteiger partial charge in [0.05, 0.1) is 5.56 Å². The first-order chi connectivity index (χ1) is 14.2. The Morgan fingerprint density at radius 1 is 1.20 bits per heavy atom. The molecule has 1 saturated heterocycles. The summed E-state index contributed by atoms with van der Waals surface area (Å²) in [5.74, 6) is 0.781. The molecule has 0 radical (unpaired) electrons. The minimum Gasteiger partial charge on any atom is -0.369 e. The van der Waals surface area contributed by atoms with Crippen molar-refractivity contribution in [3.05, 3.63) is 39.9 Å². The lowest BCUT2D eigenvalue weighted by molar-refractivity contribution is -0.138. The van der Waals surface area contributed by atoms with Crippen LogP contribution in [-0.4, -0.2) is 63.7 Å². The van der Waals surface area contributed by atoms with Crippen molar-refractivity contribution in [1.82, 2.24) is 25.1 Å². The second kappa shape index (κ2) is 9.09. The van der Waals surface area contributed by atoms with Crippen LogP contribution in [-0.2, 0) is 11.0 Å². The number of aromatic nitrogens is 4. The Kier molecular flexibility index (Phi) is 6.53. The Morgan fingerprint density at radius 2 is 1.87 bits per heavy atom. The van der Waals surface area contributed by atoms with Crippen molar-refractivity contribution in [1.29, 1.82) is 0 Å². The third-order valence-corrected chi connectivity index (χ3v) is 4.74. The summed E-state index contributed by atoms with van der Waals surface area (Å²) in [6, 6.07) is 1.64. The van der Waals surface area contributed by atoms with Gasteiger partial charge in [-0.3, -0.25) is 9.59 Å². The van der Waals surface area contributed by atoms with E-state index in [1.54, 1.807) is 22.8 Å². The number of piperazine rings is 1. The number of alkyl halides is 3. The van der Waals surface area contributed by atoms with Crippen LogP contribution in [0.25, 0.3) is 0 Å². The van der Waals surface area contributed by atoms with Gasteiger partial charge in [-0.1, -0.05) is 0 Å². The predicted octanol–water partition coefficient (Wildman–Crippen LogP) is 1.43. The monoisotopic (exact) mass is 425 g/mol. The normalized spacial score (nSPS) is 14.7. The molecular formula is C18H22F3N7O2. The average Bonchev–Trinajstić information content (AvgIpc) is 2.73. The van der Waals surface area contributed by atoms with Crippen LogP contribution in [0.5, 0.6) is 0 Å². The molecule has 0 saturated carbocycles. The molecule has 0 aliphatic carbocycles. The van der Waals surface area contributed by atoms with Crippen LogP contribution in [0.15, 0.2) is 23.3 Å². The molecule has 0 aromatic carbocycles. The predicted molar refractivity (Wildman–Crippen MR) is 103 cm³/mol.